The molecule has 26 heavy (non-hydrogen) atoms. The number of nitrogens with one attached hydrogen (secondary N) is 3. The van der Waals surface area contributed by atoms with Crippen molar-refractivity contribution in [2.45, 2.75) is 0 Å². The third-order valence-electron chi connectivity index (χ3n) is 4.08. The first kappa shape index (κ1) is 16.4. The lowest BCUT2D eigenvalue weighted by Crippen LogP contribution is -2.19. The van der Waals surface area contributed by atoms with Crippen LogP contribution in [0.25, 0.3) is 22.2 Å². The first-order valence-electron chi connectivity index (χ1n) is 8.20. The Morgan fingerprint density at radius 3 is 2.50 bits per heavy atom. The van der Waals surface area contributed by atoms with Crippen molar-refractivity contribution < 1.29 is 4.79 Å². The summed E-state index contributed by atoms with van der Waals surface area (Å²) in [6, 6.07) is 25.1. The molecule has 0 aliphatic carbocycles. The van der Waals surface area contributed by atoms with Crippen LogP contribution in [-0.2, 0) is 0 Å². The molecule has 0 atom stereocenters. The maximum Gasteiger partial charge on any atom is 0.323 e. The van der Waals surface area contributed by atoms with E-state index in [1.807, 2.05) is 66.7 Å². The standard InChI is InChI=1S/C21H16BrN3O/c22-15-7-5-8-16(13-15)23-21(26)25-19-11-4-2-9-17(19)20-12-14-6-1-3-10-18(14)24-20/h1-13,24H,(H2,23,25,26). The van der Waals surface area contributed by atoms with Gasteiger partial charge >= 0.3 is 6.03 Å². The fourth-order valence-electron chi connectivity index (χ4n) is 2.90. The molecule has 4 rings (SSSR count). The largest absolute Gasteiger partial charge is 0.354 e. The van der Waals surface area contributed by atoms with Gasteiger partial charge in [-0.05, 0) is 36.4 Å². The number of carbonyl (C=O) groups excluding carboxylic acids is 1. The molecule has 0 unspecified atom stereocenters. The average Bonchev–Trinajstić information content (AvgIpc) is 3.06. The number of rotatable bonds is 3. The maximum absolute atomic E-state index is 12.4. The van der Waals surface area contributed by atoms with E-state index in [1.165, 1.54) is 0 Å². The summed E-state index contributed by atoms with van der Waals surface area (Å²) < 4.78 is 0.911. The second-order valence-corrected chi connectivity index (χ2v) is 6.82. The van der Waals surface area contributed by atoms with Gasteiger partial charge in [0.1, 0.15) is 0 Å². The predicted molar refractivity (Wildman–Crippen MR) is 111 cm³/mol. The molecule has 1 heterocycles. The van der Waals surface area contributed by atoms with Crippen molar-refractivity contribution in [2.75, 3.05) is 10.6 Å². The summed E-state index contributed by atoms with van der Waals surface area (Å²) in [5.41, 5.74) is 4.43. The predicted octanol–water partition coefficient (Wildman–Crippen LogP) is 6.24. The highest BCUT2D eigenvalue weighted by Crippen LogP contribution is 2.30. The molecule has 128 valence electrons. The van der Waals surface area contributed by atoms with Gasteiger partial charge in [0.15, 0.2) is 0 Å². The Morgan fingerprint density at radius 2 is 1.65 bits per heavy atom. The van der Waals surface area contributed by atoms with Gasteiger partial charge < -0.3 is 15.6 Å². The van der Waals surface area contributed by atoms with Crippen LogP contribution in [0, 0.1) is 0 Å². The number of halogens is 1. The molecule has 4 aromatic rings. The van der Waals surface area contributed by atoms with E-state index in [9.17, 15) is 4.79 Å². The molecule has 0 bridgehead atoms. The lowest BCUT2D eigenvalue weighted by Gasteiger charge is -2.11. The molecule has 0 fully saturated rings. The minimum atomic E-state index is -0.285. The zero-order chi connectivity index (χ0) is 17.9. The summed E-state index contributed by atoms with van der Waals surface area (Å²) in [6.45, 7) is 0. The summed E-state index contributed by atoms with van der Waals surface area (Å²) in [4.78, 5) is 15.8. The van der Waals surface area contributed by atoms with Crippen LogP contribution in [0.5, 0.6) is 0 Å². The van der Waals surface area contributed by atoms with E-state index in [4.69, 9.17) is 0 Å². The number of H-pyrrole nitrogens is 1. The van der Waals surface area contributed by atoms with Crippen molar-refractivity contribution in [3.05, 3.63) is 83.3 Å². The van der Waals surface area contributed by atoms with Crippen LogP contribution in [0.2, 0.25) is 0 Å². The Balaban J connectivity index is 1.60. The van der Waals surface area contributed by atoms with E-state index in [1.54, 1.807) is 0 Å². The van der Waals surface area contributed by atoms with Gasteiger partial charge in [0.25, 0.3) is 0 Å². The number of para-hydroxylation sites is 2. The molecule has 3 N–H and O–H groups in total. The lowest BCUT2D eigenvalue weighted by molar-refractivity contribution is 0.262. The Hall–Kier alpha value is -3.05. The second kappa shape index (κ2) is 7.06. The number of hydrogen-bond donors (Lipinski definition) is 3. The number of anilines is 2. The van der Waals surface area contributed by atoms with E-state index in [2.05, 4.69) is 43.7 Å². The van der Waals surface area contributed by atoms with Gasteiger partial charge in [0.05, 0.1) is 5.69 Å². The summed E-state index contributed by atoms with van der Waals surface area (Å²) >= 11 is 3.40. The average molecular weight is 406 g/mol. The molecule has 2 amide bonds. The van der Waals surface area contributed by atoms with Gasteiger partial charge in [-0.2, -0.15) is 0 Å². The summed E-state index contributed by atoms with van der Waals surface area (Å²) in [6.07, 6.45) is 0. The van der Waals surface area contributed by atoms with E-state index >= 15 is 0 Å². The molecule has 0 spiro atoms. The normalized spacial score (nSPS) is 10.7. The van der Waals surface area contributed by atoms with Crippen LogP contribution in [0.15, 0.2) is 83.3 Å². The smallest absolute Gasteiger partial charge is 0.323 e. The molecular weight excluding hydrogens is 390 g/mol. The Morgan fingerprint density at radius 1 is 0.846 bits per heavy atom. The van der Waals surface area contributed by atoms with Crippen LogP contribution < -0.4 is 10.6 Å². The number of fused-ring (bicyclic) bond motifs is 1. The SMILES string of the molecule is O=C(Nc1cccc(Br)c1)Nc1ccccc1-c1cc2ccccc2[nH]1. The van der Waals surface area contributed by atoms with Crippen molar-refractivity contribution in [3.63, 3.8) is 0 Å². The number of carbonyl (C=O) groups is 1. The summed E-state index contributed by atoms with van der Waals surface area (Å²) in [7, 11) is 0. The zero-order valence-electron chi connectivity index (χ0n) is 13.8. The highest BCUT2D eigenvalue weighted by Gasteiger charge is 2.10. The van der Waals surface area contributed by atoms with Crippen LogP contribution in [0.3, 0.4) is 0 Å². The molecule has 4 nitrogen and oxygen atoms in total. The number of urea groups is 1. The number of amides is 2. The summed E-state index contributed by atoms with van der Waals surface area (Å²) in [5, 5.41) is 6.92. The zero-order valence-corrected chi connectivity index (χ0v) is 15.4. The molecule has 0 aliphatic rings. The topological polar surface area (TPSA) is 56.9 Å². The maximum atomic E-state index is 12.4. The van der Waals surface area contributed by atoms with Crippen LogP contribution in [0.4, 0.5) is 16.2 Å². The van der Waals surface area contributed by atoms with Gasteiger partial charge in [-0.3, -0.25) is 0 Å². The Labute approximate surface area is 159 Å². The fourth-order valence-corrected chi connectivity index (χ4v) is 3.30. The van der Waals surface area contributed by atoms with E-state index < -0.39 is 0 Å². The number of aromatic amines is 1. The van der Waals surface area contributed by atoms with Gasteiger partial charge in [0, 0.05) is 32.3 Å². The second-order valence-electron chi connectivity index (χ2n) is 5.91. The first-order chi connectivity index (χ1) is 12.7. The van der Waals surface area contributed by atoms with Crippen molar-refractivity contribution in [3.8, 4) is 11.3 Å². The van der Waals surface area contributed by atoms with Crippen LogP contribution in [0.1, 0.15) is 0 Å². The molecular formula is C21H16BrN3O. The van der Waals surface area contributed by atoms with Crippen molar-refractivity contribution >= 4 is 44.2 Å². The van der Waals surface area contributed by atoms with Gasteiger partial charge in [-0.25, -0.2) is 4.79 Å². The fraction of sp³-hybridized carbons (Fsp3) is 0. The van der Waals surface area contributed by atoms with Crippen LogP contribution in [-0.4, -0.2) is 11.0 Å². The highest BCUT2D eigenvalue weighted by atomic mass is 79.9. The van der Waals surface area contributed by atoms with Gasteiger partial charge in [-0.15, -0.1) is 0 Å². The lowest BCUT2D eigenvalue weighted by atomic mass is 10.1. The minimum absolute atomic E-state index is 0.285. The van der Waals surface area contributed by atoms with Crippen molar-refractivity contribution in [2.24, 2.45) is 0 Å². The molecule has 1 aromatic heterocycles. The number of benzene rings is 3. The highest BCUT2D eigenvalue weighted by molar-refractivity contribution is 9.10. The van der Waals surface area contributed by atoms with Crippen molar-refractivity contribution in [1.82, 2.24) is 4.98 Å². The van der Waals surface area contributed by atoms with Crippen LogP contribution >= 0.6 is 15.9 Å². The summed E-state index contributed by atoms with van der Waals surface area (Å²) in [5.74, 6) is 0. The Kier molecular flexibility index (Phi) is 4.46. The molecule has 5 heteroatoms. The number of aromatic nitrogens is 1. The van der Waals surface area contributed by atoms with Gasteiger partial charge in [0.2, 0.25) is 0 Å². The van der Waals surface area contributed by atoms with E-state index in [-0.39, 0.29) is 6.03 Å². The van der Waals surface area contributed by atoms with E-state index in [0.29, 0.717) is 0 Å². The van der Waals surface area contributed by atoms with E-state index in [0.717, 1.165) is 38.0 Å². The Bertz CT molecular complexity index is 1050. The third kappa shape index (κ3) is 3.48. The monoisotopic (exact) mass is 405 g/mol. The minimum Gasteiger partial charge on any atom is -0.354 e. The first-order valence-corrected chi connectivity index (χ1v) is 8.99. The molecule has 0 saturated carbocycles. The molecule has 0 aliphatic heterocycles. The third-order valence-corrected chi connectivity index (χ3v) is 4.57. The quantitative estimate of drug-likeness (QED) is 0.371. The van der Waals surface area contributed by atoms with Gasteiger partial charge in [-0.1, -0.05) is 58.4 Å². The molecule has 0 saturated heterocycles. The number of hydrogen-bond acceptors (Lipinski definition) is 1. The van der Waals surface area contributed by atoms with Crippen molar-refractivity contribution in [1.29, 1.82) is 0 Å². The molecule has 3 aromatic carbocycles. The molecule has 0 radical (unpaired) electrons.